The molecular formula is C22H25NO5S. The first-order chi connectivity index (χ1) is 14.2. The highest BCUT2D eigenvalue weighted by molar-refractivity contribution is 7.09. The number of anilines is 1. The lowest BCUT2D eigenvalue weighted by molar-refractivity contribution is -0.148. The van der Waals surface area contributed by atoms with Gasteiger partial charge in [-0.05, 0) is 42.3 Å². The van der Waals surface area contributed by atoms with Crippen molar-refractivity contribution < 1.29 is 23.8 Å². The molecule has 1 amide bonds. The molecule has 0 saturated heterocycles. The van der Waals surface area contributed by atoms with Crippen molar-refractivity contribution in [3.8, 4) is 11.5 Å². The van der Waals surface area contributed by atoms with Gasteiger partial charge in [-0.3, -0.25) is 9.59 Å². The zero-order chi connectivity index (χ0) is 20.1. The number of carbonyl (C=O) groups is 2. The molecule has 0 bridgehead atoms. The average Bonchev–Trinajstić information content (AvgIpc) is 3.44. The van der Waals surface area contributed by atoms with Gasteiger partial charge in [0.05, 0.1) is 6.54 Å². The second kappa shape index (κ2) is 9.31. The third kappa shape index (κ3) is 5.09. The number of nitrogens with zero attached hydrogens (tertiary/aromatic N) is 1. The molecule has 0 atom stereocenters. The minimum absolute atomic E-state index is 0.255. The molecule has 1 aliphatic carbocycles. The summed E-state index contributed by atoms with van der Waals surface area (Å²) in [6.07, 6.45) is 4.91. The van der Waals surface area contributed by atoms with E-state index < -0.39 is 0 Å². The van der Waals surface area contributed by atoms with E-state index in [0.29, 0.717) is 49.3 Å². The number of rotatable bonds is 7. The number of ether oxygens (including phenoxy) is 3. The van der Waals surface area contributed by atoms with Gasteiger partial charge in [0, 0.05) is 23.1 Å². The van der Waals surface area contributed by atoms with Gasteiger partial charge in [-0.15, -0.1) is 11.3 Å². The lowest BCUT2D eigenvalue weighted by atomic mass is 10.0. The van der Waals surface area contributed by atoms with Crippen LogP contribution in [-0.2, 0) is 20.9 Å². The fourth-order valence-corrected chi connectivity index (χ4v) is 4.50. The van der Waals surface area contributed by atoms with Crippen LogP contribution in [0.4, 0.5) is 5.69 Å². The van der Waals surface area contributed by atoms with E-state index in [2.05, 4.69) is 0 Å². The highest BCUT2D eigenvalue weighted by atomic mass is 32.1. The van der Waals surface area contributed by atoms with Gasteiger partial charge < -0.3 is 19.1 Å². The van der Waals surface area contributed by atoms with E-state index in [9.17, 15) is 9.59 Å². The van der Waals surface area contributed by atoms with E-state index in [1.807, 2.05) is 29.6 Å². The minimum atomic E-state index is -0.288. The summed E-state index contributed by atoms with van der Waals surface area (Å²) in [7, 11) is 0. The van der Waals surface area contributed by atoms with Crippen LogP contribution < -0.4 is 14.4 Å². The van der Waals surface area contributed by atoms with E-state index >= 15 is 0 Å². The van der Waals surface area contributed by atoms with E-state index in [4.69, 9.17) is 14.2 Å². The van der Waals surface area contributed by atoms with Crippen LogP contribution in [0.25, 0.3) is 0 Å². The Balaban J connectivity index is 1.44. The Kier molecular flexibility index (Phi) is 6.34. The van der Waals surface area contributed by atoms with Crippen LogP contribution in [0.3, 0.4) is 0 Å². The summed E-state index contributed by atoms with van der Waals surface area (Å²) in [5.74, 6) is 1.15. The van der Waals surface area contributed by atoms with E-state index in [1.54, 1.807) is 22.3 Å². The second-order valence-corrected chi connectivity index (χ2v) is 8.43. The Labute approximate surface area is 174 Å². The first kappa shape index (κ1) is 19.8. The SMILES string of the molecule is O=C(CC1CCCC1)OCC(=O)N(Cc1cccs1)c1ccc2c(c1)OCCO2. The normalized spacial score (nSPS) is 15.9. The highest BCUT2D eigenvalue weighted by Gasteiger charge is 2.23. The number of hydrogen-bond donors (Lipinski definition) is 0. The maximum Gasteiger partial charge on any atom is 0.306 e. The summed E-state index contributed by atoms with van der Waals surface area (Å²) >= 11 is 1.58. The molecule has 6 nitrogen and oxygen atoms in total. The standard InChI is InChI=1S/C22H25NO5S/c24-21(15-28-22(25)12-16-4-1-2-5-16)23(14-18-6-3-11-29-18)17-7-8-19-20(13-17)27-10-9-26-19/h3,6-8,11,13,16H,1-2,4-5,9-10,12,14-15H2. The predicted molar refractivity (Wildman–Crippen MR) is 110 cm³/mol. The van der Waals surface area contributed by atoms with E-state index in [1.165, 1.54) is 12.8 Å². The van der Waals surface area contributed by atoms with Crippen LogP contribution in [0.15, 0.2) is 35.7 Å². The molecule has 0 radical (unpaired) electrons. The molecule has 4 rings (SSSR count). The summed E-state index contributed by atoms with van der Waals surface area (Å²) in [6.45, 7) is 1.15. The summed E-state index contributed by atoms with van der Waals surface area (Å²) in [4.78, 5) is 27.8. The van der Waals surface area contributed by atoms with Crippen molar-refractivity contribution in [1.82, 2.24) is 0 Å². The predicted octanol–water partition coefficient (Wildman–Crippen LogP) is 4.18. The van der Waals surface area contributed by atoms with Gasteiger partial charge in [0.2, 0.25) is 0 Å². The second-order valence-electron chi connectivity index (χ2n) is 7.40. The number of thiophene rings is 1. The zero-order valence-corrected chi connectivity index (χ0v) is 17.1. The van der Waals surface area contributed by atoms with Gasteiger partial charge in [-0.25, -0.2) is 0 Å². The molecule has 0 unspecified atom stereocenters. The fraction of sp³-hybridized carbons (Fsp3) is 0.455. The van der Waals surface area contributed by atoms with Gasteiger partial charge in [-0.2, -0.15) is 0 Å². The van der Waals surface area contributed by atoms with E-state index in [0.717, 1.165) is 17.7 Å². The molecule has 2 aliphatic rings. The Morgan fingerprint density at radius 3 is 2.66 bits per heavy atom. The Morgan fingerprint density at radius 2 is 1.90 bits per heavy atom. The number of carbonyl (C=O) groups excluding carboxylic acids is 2. The summed E-state index contributed by atoms with van der Waals surface area (Å²) in [5, 5.41) is 1.98. The number of fused-ring (bicyclic) bond motifs is 1. The third-order valence-electron chi connectivity index (χ3n) is 5.32. The summed E-state index contributed by atoms with van der Waals surface area (Å²) in [5.41, 5.74) is 0.694. The lowest BCUT2D eigenvalue weighted by Crippen LogP contribution is -2.34. The van der Waals surface area contributed by atoms with Crippen LogP contribution in [0.5, 0.6) is 11.5 Å². The van der Waals surface area contributed by atoms with Crippen LogP contribution in [0.2, 0.25) is 0 Å². The van der Waals surface area contributed by atoms with Crippen LogP contribution >= 0.6 is 11.3 Å². The van der Waals surface area contributed by atoms with Crippen molar-refractivity contribution in [2.75, 3.05) is 24.7 Å². The molecule has 154 valence electrons. The monoisotopic (exact) mass is 415 g/mol. The molecular weight excluding hydrogens is 390 g/mol. The first-order valence-corrected chi connectivity index (χ1v) is 10.9. The number of hydrogen-bond acceptors (Lipinski definition) is 6. The van der Waals surface area contributed by atoms with Crippen LogP contribution in [0.1, 0.15) is 37.0 Å². The number of esters is 1. The topological polar surface area (TPSA) is 65.1 Å². The summed E-state index contributed by atoms with van der Waals surface area (Å²) < 4.78 is 16.5. The molecule has 1 fully saturated rings. The molecule has 1 aromatic heterocycles. The number of amides is 1. The molecule has 0 spiro atoms. The van der Waals surface area contributed by atoms with Crippen molar-refractivity contribution >= 4 is 28.9 Å². The van der Waals surface area contributed by atoms with Crippen LogP contribution in [-0.4, -0.2) is 31.7 Å². The Hall–Kier alpha value is -2.54. The van der Waals surface area contributed by atoms with Crippen molar-refractivity contribution in [3.63, 3.8) is 0 Å². The maximum atomic E-state index is 13.0. The van der Waals surface area contributed by atoms with Crippen molar-refractivity contribution in [3.05, 3.63) is 40.6 Å². The van der Waals surface area contributed by atoms with Gasteiger partial charge in [-0.1, -0.05) is 18.9 Å². The van der Waals surface area contributed by atoms with Crippen LogP contribution in [0, 0.1) is 5.92 Å². The Bertz CT molecular complexity index is 845. The third-order valence-corrected chi connectivity index (χ3v) is 6.18. The largest absolute Gasteiger partial charge is 0.486 e. The maximum absolute atomic E-state index is 13.0. The zero-order valence-electron chi connectivity index (χ0n) is 16.3. The quantitative estimate of drug-likeness (QED) is 0.635. The first-order valence-electron chi connectivity index (χ1n) is 10.1. The molecule has 1 aliphatic heterocycles. The van der Waals surface area contributed by atoms with E-state index in [-0.39, 0.29) is 18.5 Å². The van der Waals surface area contributed by atoms with Gasteiger partial charge in [0.25, 0.3) is 5.91 Å². The average molecular weight is 416 g/mol. The molecule has 2 heterocycles. The lowest BCUT2D eigenvalue weighted by Gasteiger charge is -2.25. The minimum Gasteiger partial charge on any atom is -0.486 e. The molecule has 7 heteroatoms. The van der Waals surface area contributed by atoms with Crippen molar-refractivity contribution in [2.45, 2.75) is 38.6 Å². The van der Waals surface area contributed by atoms with Gasteiger partial charge in [0.1, 0.15) is 13.2 Å². The molecule has 1 aromatic carbocycles. The molecule has 0 N–H and O–H groups in total. The van der Waals surface area contributed by atoms with Crippen molar-refractivity contribution in [2.24, 2.45) is 5.92 Å². The fourth-order valence-electron chi connectivity index (χ4n) is 3.81. The summed E-state index contributed by atoms with van der Waals surface area (Å²) in [6, 6.07) is 9.38. The smallest absolute Gasteiger partial charge is 0.306 e. The Morgan fingerprint density at radius 1 is 1.10 bits per heavy atom. The molecule has 29 heavy (non-hydrogen) atoms. The number of benzene rings is 1. The van der Waals surface area contributed by atoms with Gasteiger partial charge in [0.15, 0.2) is 18.1 Å². The van der Waals surface area contributed by atoms with Gasteiger partial charge >= 0.3 is 5.97 Å². The highest BCUT2D eigenvalue weighted by Crippen LogP contribution is 2.35. The molecule has 2 aromatic rings. The molecule has 1 saturated carbocycles. The van der Waals surface area contributed by atoms with Crippen molar-refractivity contribution in [1.29, 1.82) is 0 Å².